The summed E-state index contributed by atoms with van der Waals surface area (Å²) in [4.78, 5) is 11.9. The largest absolute Gasteiger partial charge is 0.369 e. The molecule has 5 rings (SSSR count). The van der Waals surface area contributed by atoms with E-state index in [2.05, 4.69) is 13.8 Å². The Balaban J connectivity index is 1.51. The van der Waals surface area contributed by atoms with Crippen molar-refractivity contribution in [2.75, 3.05) is 6.61 Å². The molecule has 2 nitrogen and oxygen atoms in total. The Labute approximate surface area is 133 Å². The van der Waals surface area contributed by atoms with Gasteiger partial charge in [0.1, 0.15) is 0 Å². The quantitative estimate of drug-likeness (QED) is 0.625. The first-order chi connectivity index (χ1) is 10.5. The molecule has 3 unspecified atom stereocenters. The lowest BCUT2D eigenvalue weighted by Gasteiger charge is -2.57. The van der Waals surface area contributed by atoms with Crippen molar-refractivity contribution in [1.29, 1.82) is 0 Å². The molecular formula is C20H28O2. The molecule has 0 aromatic heterocycles. The van der Waals surface area contributed by atoms with Crippen LogP contribution in [0, 0.1) is 28.6 Å². The summed E-state index contributed by atoms with van der Waals surface area (Å²) < 4.78 is 6.00. The van der Waals surface area contributed by atoms with Crippen LogP contribution in [0.25, 0.3) is 0 Å². The second-order valence-electron chi connectivity index (χ2n) is 9.25. The molecule has 0 amide bonds. The molecule has 0 radical (unpaired) electrons. The summed E-state index contributed by atoms with van der Waals surface area (Å²) in [6.45, 7) is 6.03. The topological polar surface area (TPSA) is 29.6 Å². The molecule has 0 aromatic rings. The Morgan fingerprint density at radius 2 is 1.82 bits per heavy atom. The van der Waals surface area contributed by atoms with Crippen LogP contribution in [0.1, 0.15) is 65.2 Å². The Kier molecular flexibility index (Phi) is 2.54. The maximum atomic E-state index is 11.9. The molecule has 3 saturated carbocycles. The molecule has 2 heteroatoms. The minimum Gasteiger partial charge on any atom is -0.369 e. The average molecular weight is 300 g/mol. The van der Waals surface area contributed by atoms with E-state index in [1.54, 1.807) is 0 Å². The molecule has 1 spiro atoms. The van der Waals surface area contributed by atoms with Crippen molar-refractivity contribution in [1.82, 2.24) is 0 Å². The van der Waals surface area contributed by atoms with Gasteiger partial charge in [0, 0.05) is 11.8 Å². The van der Waals surface area contributed by atoms with Gasteiger partial charge in [-0.15, -0.1) is 0 Å². The second kappa shape index (κ2) is 4.06. The van der Waals surface area contributed by atoms with Gasteiger partial charge in [0.15, 0.2) is 5.78 Å². The van der Waals surface area contributed by atoms with Gasteiger partial charge in [-0.3, -0.25) is 4.79 Å². The summed E-state index contributed by atoms with van der Waals surface area (Å²) in [5.41, 5.74) is 2.51. The highest BCUT2D eigenvalue weighted by Gasteiger charge is 2.69. The number of epoxide rings is 1. The summed E-state index contributed by atoms with van der Waals surface area (Å²) in [5, 5.41) is 0. The molecule has 1 heterocycles. The summed E-state index contributed by atoms with van der Waals surface area (Å²) in [7, 11) is 0. The fraction of sp³-hybridized carbons (Fsp3) is 0.850. The first kappa shape index (κ1) is 13.8. The van der Waals surface area contributed by atoms with E-state index in [1.807, 2.05) is 6.08 Å². The second-order valence-corrected chi connectivity index (χ2v) is 9.25. The number of fused-ring (bicyclic) bond motifs is 6. The van der Waals surface area contributed by atoms with E-state index in [9.17, 15) is 4.79 Å². The third kappa shape index (κ3) is 1.48. The lowest BCUT2D eigenvalue weighted by atomic mass is 9.47. The molecule has 4 aliphatic carbocycles. The number of ketones is 1. The van der Waals surface area contributed by atoms with Crippen molar-refractivity contribution >= 4 is 5.78 Å². The maximum Gasteiger partial charge on any atom is 0.155 e. The third-order valence-corrected chi connectivity index (χ3v) is 8.74. The first-order valence-electron chi connectivity index (χ1n) is 9.36. The van der Waals surface area contributed by atoms with Crippen molar-refractivity contribution in [2.24, 2.45) is 28.6 Å². The molecule has 6 atom stereocenters. The zero-order valence-electron chi connectivity index (χ0n) is 14.0. The van der Waals surface area contributed by atoms with E-state index in [1.165, 1.54) is 44.1 Å². The average Bonchev–Trinajstić information content (AvgIpc) is 3.22. The van der Waals surface area contributed by atoms with Crippen LogP contribution in [0.4, 0.5) is 0 Å². The van der Waals surface area contributed by atoms with Gasteiger partial charge in [-0.2, -0.15) is 0 Å². The normalized spacial score (nSPS) is 56.2. The molecule has 0 aromatic carbocycles. The zero-order valence-corrected chi connectivity index (χ0v) is 14.0. The fourth-order valence-corrected chi connectivity index (χ4v) is 7.21. The summed E-state index contributed by atoms with van der Waals surface area (Å²) in [5.74, 6) is 2.92. The van der Waals surface area contributed by atoms with Crippen LogP contribution in [-0.4, -0.2) is 18.0 Å². The fourth-order valence-electron chi connectivity index (χ4n) is 7.21. The van der Waals surface area contributed by atoms with Crippen LogP contribution in [0.3, 0.4) is 0 Å². The van der Waals surface area contributed by atoms with Crippen molar-refractivity contribution in [3.63, 3.8) is 0 Å². The van der Waals surface area contributed by atoms with Gasteiger partial charge < -0.3 is 4.74 Å². The number of ether oxygens (including phenoxy) is 1. The molecule has 22 heavy (non-hydrogen) atoms. The zero-order chi connectivity index (χ0) is 15.2. The molecule has 4 fully saturated rings. The molecule has 120 valence electrons. The molecular weight excluding hydrogens is 272 g/mol. The number of carbonyl (C=O) groups excluding carboxylic acids is 1. The molecule has 0 bridgehead atoms. The first-order valence-corrected chi connectivity index (χ1v) is 9.36. The number of hydrogen-bond donors (Lipinski definition) is 0. The van der Waals surface area contributed by atoms with Crippen LogP contribution in [0.5, 0.6) is 0 Å². The SMILES string of the molecule is C[C@]12CCC(=O)C=C1CCC1C2CC[C@@]2(C)C1CC[C@@]21CO1. The predicted octanol–water partition coefficient (Wildman–Crippen LogP) is 4.29. The smallest absolute Gasteiger partial charge is 0.155 e. The van der Waals surface area contributed by atoms with E-state index in [-0.39, 0.29) is 5.60 Å². The van der Waals surface area contributed by atoms with Gasteiger partial charge >= 0.3 is 0 Å². The highest BCUT2D eigenvalue weighted by Crippen LogP contribution is 2.70. The number of hydrogen-bond acceptors (Lipinski definition) is 2. The maximum absolute atomic E-state index is 11.9. The van der Waals surface area contributed by atoms with E-state index >= 15 is 0 Å². The number of allylic oxidation sites excluding steroid dienone is 1. The van der Waals surface area contributed by atoms with E-state index in [0.717, 1.165) is 37.2 Å². The van der Waals surface area contributed by atoms with Crippen molar-refractivity contribution < 1.29 is 9.53 Å². The lowest BCUT2D eigenvalue weighted by Crippen LogP contribution is -2.52. The molecule has 5 aliphatic rings. The Bertz CT molecular complexity index is 572. The van der Waals surface area contributed by atoms with Gasteiger partial charge in [-0.1, -0.05) is 19.4 Å². The van der Waals surface area contributed by atoms with Gasteiger partial charge in [0.05, 0.1) is 12.2 Å². The van der Waals surface area contributed by atoms with Crippen molar-refractivity contribution in [3.8, 4) is 0 Å². The van der Waals surface area contributed by atoms with Crippen LogP contribution >= 0.6 is 0 Å². The molecule has 1 saturated heterocycles. The van der Waals surface area contributed by atoms with Gasteiger partial charge in [0.25, 0.3) is 0 Å². The van der Waals surface area contributed by atoms with Crippen LogP contribution in [0.2, 0.25) is 0 Å². The standard InChI is InChI=1S/C20H28O2/c1-18-8-5-14(21)11-13(18)3-4-15-16(18)6-9-19(2)17(15)7-10-20(19)12-22-20/h11,15-17H,3-10,12H2,1-2H3/t15?,16?,17?,18-,19-,20+/m0/s1. The number of carbonyl (C=O) groups is 1. The minimum absolute atomic E-state index is 0.266. The van der Waals surface area contributed by atoms with Crippen LogP contribution in [-0.2, 0) is 9.53 Å². The molecule has 1 aliphatic heterocycles. The number of rotatable bonds is 0. The van der Waals surface area contributed by atoms with Crippen molar-refractivity contribution in [2.45, 2.75) is 70.8 Å². The van der Waals surface area contributed by atoms with Gasteiger partial charge in [-0.25, -0.2) is 0 Å². The summed E-state index contributed by atoms with van der Waals surface area (Å²) in [6, 6.07) is 0. The Morgan fingerprint density at radius 1 is 1.05 bits per heavy atom. The highest BCUT2D eigenvalue weighted by atomic mass is 16.6. The lowest BCUT2D eigenvalue weighted by molar-refractivity contribution is -0.117. The predicted molar refractivity (Wildman–Crippen MR) is 85.4 cm³/mol. The van der Waals surface area contributed by atoms with Crippen LogP contribution < -0.4 is 0 Å². The molecule has 0 N–H and O–H groups in total. The van der Waals surface area contributed by atoms with E-state index in [4.69, 9.17) is 4.74 Å². The summed E-state index contributed by atoms with van der Waals surface area (Å²) >= 11 is 0. The third-order valence-electron chi connectivity index (χ3n) is 8.74. The summed E-state index contributed by atoms with van der Waals surface area (Å²) in [6.07, 6.45) is 11.8. The van der Waals surface area contributed by atoms with Crippen LogP contribution in [0.15, 0.2) is 11.6 Å². The van der Waals surface area contributed by atoms with E-state index in [0.29, 0.717) is 16.6 Å². The Morgan fingerprint density at radius 3 is 2.59 bits per heavy atom. The monoisotopic (exact) mass is 300 g/mol. The van der Waals surface area contributed by atoms with Crippen molar-refractivity contribution in [3.05, 3.63) is 11.6 Å². The van der Waals surface area contributed by atoms with Gasteiger partial charge in [0.2, 0.25) is 0 Å². The Hall–Kier alpha value is -0.630. The van der Waals surface area contributed by atoms with E-state index < -0.39 is 0 Å². The minimum atomic E-state index is 0.266. The van der Waals surface area contributed by atoms with Gasteiger partial charge in [-0.05, 0) is 74.2 Å². The highest BCUT2D eigenvalue weighted by molar-refractivity contribution is 5.91.